The topological polar surface area (TPSA) is 86.8 Å². The van der Waals surface area contributed by atoms with Crippen LogP contribution in [-0.2, 0) is 26.2 Å². The maximum Gasteiger partial charge on any atom is 0.244 e. The van der Waals surface area contributed by atoms with E-state index in [0.717, 1.165) is 10.6 Å². The fourth-order valence-electron chi connectivity index (χ4n) is 3.47. The molecule has 0 spiro atoms. The molecule has 0 aliphatic carbocycles. The number of amides is 2. The van der Waals surface area contributed by atoms with Crippen molar-refractivity contribution in [2.45, 2.75) is 52.2 Å². The average Bonchev–Trinajstić information content (AvgIpc) is 2.80. The van der Waals surface area contributed by atoms with Gasteiger partial charge >= 0.3 is 0 Å². The van der Waals surface area contributed by atoms with Crippen molar-refractivity contribution >= 4 is 73.9 Å². The number of carbonyl (C=O) groups excluding carboxylic acids is 2. The Bertz CT molecular complexity index is 1210. The largest absolute Gasteiger partial charge is 0.352 e. The minimum absolute atomic E-state index is 0.00170. The minimum Gasteiger partial charge on any atom is -0.352 e. The Balaban J connectivity index is 2.52. The number of benzene rings is 2. The summed E-state index contributed by atoms with van der Waals surface area (Å²) in [5.41, 5.74) is 0.609. The zero-order chi connectivity index (χ0) is 27.2. The maximum absolute atomic E-state index is 13.7. The van der Waals surface area contributed by atoms with Crippen molar-refractivity contribution in [1.29, 1.82) is 0 Å². The summed E-state index contributed by atoms with van der Waals surface area (Å²) in [6.45, 7) is 4.95. The predicted octanol–water partition coefficient (Wildman–Crippen LogP) is 5.79. The monoisotopic (exact) mass is 595 g/mol. The lowest BCUT2D eigenvalue weighted by atomic mass is 10.1. The van der Waals surface area contributed by atoms with Crippen LogP contribution in [0.4, 0.5) is 5.69 Å². The average molecular weight is 597 g/mol. The van der Waals surface area contributed by atoms with E-state index in [9.17, 15) is 18.0 Å². The summed E-state index contributed by atoms with van der Waals surface area (Å²) in [4.78, 5) is 28.2. The second-order valence-electron chi connectivity index (χ2n) is 8.34. The molecule has 7 nitrogen and oxygen atoms in total. The molecule has 198 valence electrons. The first-order chi connectivity index (χ1) is 16.8. The van der Waals surface area contributed by atoms with Crippen LogP contribution in [0.25, 0.3) is 0 Å². The van der Waals surface area contributed by atoms with Crippen LogP contribution in [0.3, 0.4) is 0 Å². The van der Waals surface area contributed by atoms with Gasteiger partial charge in [0, 0.05) is 17.6 Å². The highest BCUT2D eigenvalue weighted by atomic mass is 35.5. The van der Waals surface area contributed by atoms with E-state index in [4.69, 9.17) is 46.4 Å². The van der Waals surface area contributed by atoms with Gasteiger partial charge in [0.2, 0.25) is 21.8 Å². The summed E-state index contributed by atoms with van der Waals surface area (Å²) in [7, 11) is -3.98. The number of nitrogens with zero attached hydrogens (tertiary/aromatic N) is 2. The molecule has 0 aliphatic heterocycles. The Hall–Kier alpha value is -1.71. The van der Waals surface area contributed by atoms with Gasteiger partial charge in [0.1, 0.15) is 12.6 Å². The highest BCUT2D eigenvalue weighted by Crippen LogP contribution is 2.35. The number of nitrogens with one attached hydrogen (secondary N) is 1. The van der Waals surface area contributed by atoms with Crippen LogP contribution in [0.2, 0.25) is 20.1 Å². The molecule has 2 amide bonds. The lowest BCUT2D eigenvalue weighted by molar-refractivity contribution is -0.140. The smallest absolute Gasteiger partial charge is 0.244 e. The molecule has 12 heteroatoms. The Morgan fingerprint density at radius 3 is 2.11 bits per heavy atom. The predicted molar refractivity (Wildman–Crippen MR) is 148 cm³/mol. The van der Waals surface area contributed by atoms with E-state index in [2.05, 4.69) is 5.32 Å². The van der Waals surface area contributed by atoms with E-state index < -0.39 is 28.5 Å². The second kappa shape index (κ2) is 13.2. The van der Waals surface area contributed by atoms with E-state index in [1.165, 1.54) is 17.0 Å². The van der Waals surface area contributed by atoms with Gasteiger partial charge in [-0.05, 0) is 43.5 Å². The summed E-state index contributed by atoms with van der Waals surface area (Å²) < 4.78 is 26.3. The van der Waals surface area contributed by atoms with Gasteiger partial charge in [-0.15, -0.1) is 0 Å². The van der Waals surface area contributed by atoms with Crippen LogP contribution in [0, 0.1) is 0 Å². The van der Waals surface area contributed by atoms with Gasteiger partial charge in [-0.3, -0.25) is 13.9 Å². The zero-order valence-electron chi connectivity index (χ0n) is 20.4. The molecule has 2 rings (SSSR count). The van der Waals surface area contributed by atoms with E-state index in [-0.39, 0.29) is 39.2 Å². The summed E-state index contributed by atoms with van der Waals surface area (Å²) >= 11 is 24.7. The fraction of sp³-hybridized carbons (Fsp3) is 0.417. The molecule has 0 bridgehead atoms. The molecule has 2 atom stereocenters. The summed E-state index contributed by atoms with van der Waals surface area (Å²) in [6.07, 6.45) is 1.95. The standard InChI is InChI=1S/C24H29Cl4N3O4S/c1-5-15(3)29-24(33)21(6-2)30(13-16-9-7-8-10-17(16)25)23(32)14-31(36(4,34)35)22-12-19(27)18(26)11-20(22)28/h7-12,15,21H,5-6,13-14H2,1-4H3,(H,29,33)/t15-,21+/m0/s1. The van der Waals surface area contributed by atoms with Crippen LogP contribution < -0.4 is 9.62 Å². The third kappa shape index (κ3) is 7.89. The van der Waals surface area contributed by atoms with Gasteiger partial charge in [0.05, 0.1) is 27.0 Å². The maximum atomic E-state index is 13.7. The number of anilines is 1. The second-order valence-corrected chi connectivity index (χ2v) is 11.9. The molecule has 0 fully saturated rings. The van der Waals surface area contributed by atoms with Gasteiger partial charge in [-0.25, -0.2) is 8.42 Å². The van der Waals surface area contributed by atoms with E-state index in [0.29, 0.717) is 23.4 Å². The number of hydrogen-bond donors (Lipinski definition) is 1. The van der Waals surface area contributed by atoms with Crippen molar-refractivity contribution in [2.24, 2.45) is 0 Å². The van der Waals surface area contributed by atoms with Crippen molar-refractivity contribution in [3.63, 3.8) is 0 Å². The van der Waals surface area contributed by atoms with Gasteiger partial charge in [0.25, 0.3) is 0 Å². The molecule has 1 N–H and O–H groups in total. The lowest BCUT2D eigenvalue weighted by Crippen LogP contribution is -2.53. The van der Waals surface area contributed by atoms with Gasteiger partial charge < -0.3 is 10.2 Å². The van der Waals surface area contributed by atoms with Gasteiger partial charge in [-0.1, -0.05) is 78.5 Å². The summed E-state index contributed by atoms with van der Waals surface area (Å²) in [5.74, 6) is -0.959. The number of hydrogen-bond acceptors (Lipinski definition) is 4. The number of halogens is 4. The molecule has 0 aliphatic rings. The molecule has 2 aromatic carbocycles. The van der Waals surface area contributed by atoms with Crippen LogP contribution in [0.15, 0.2) is 36.4 Å². The van der Waals surface area contributed by atoms with E-state index in [1.807, 2.05) is 13.8 Å². The molecule has 0 radical (unpaired) electrons. The van der Waals surface area contributed by atoms with Crippen molar-refractivity contribution in [1.82, 2.24) is 10.2 Å². The first-order valence-corrected chi connectivity index (χ1v) is 14.6. The highest BCUT2D eigenvalue weighted by Gasteiger charge is 2.33. The van der Waals surface area contributed by atoms with Crippen molar-refractivity contribution < 1.29 is 18.0 Å². The van der Waals surface area contributed by atoms with Gasteiger partial charge in [-0.2, -0.15) is 0 Å². The van der Waals surface area contributed by atoms with Crippen LogP contribution in [0.5, 0.6) is 0 Å². The fourth-order valence-corrected chi connectivity index (χ4v) is 5.21. The van der Waals surface area contributed by atoms with E-state index in [1.54, 1.807) is 31.2 Å². The van der Waals surface area contributed by atoms with Crippen molar-refractivity contribution in [2.75, 3.05) is 17.1 Å². The molecular formula is C24H29Cl4N3O4S. The highest BCUT2D eigenvalue weighted by molar-refractivity contribution is 7.92. The van der Waals surface area contributed by atoms with Crippen LogP contribution in [0.1, 0.15) is 39.2 Å². The Morgan fingerprint density at radius 2 is 1.56 bits per heavy atom. The number of rotatable bonds is 11. The molecule has 0 saturated carbocycles. The lowest BCUT2D eigenvalue weighted by Gasteiger charge is -2.33. The first kappa shape index (κ1) is 30.5. The number of carbonyl (C=O) groups is 2. The normalized spacial score (nSPS) is 13.1. The molecular weight excluding hydrogens is 568 g/mol. The van der Waals surface area contributed by atoms with Crippen molar-refractivity contribution in [3.8, 4) is 0 Å². The molecule has 2 aromatic rings. The Labute approximate surface area is 232 Å². The minimum atomic E-state index is -3.98. The molecule has 0 saturated heterocycles. The van der Waals surface area contributed by atoms with Crippen LogP contribution in [-0.4, -0.2) is 50.0 Å². The summed E-state index contributed by atoms with van der Waals surface area (Å²) in [5, 5.41) is 3.53. The molecule has 0 aromatic heterocycles. The molecule has 0 heterocycles. The van der Waals surface area contributed by atoms with Gasteiger partial charge in [0.15, 0.2) is 0 Å². The third-order valence-electron chi connectivity index (χ3n) is 5.62. The molecule has 36 heavy (non-hydrogen) atoms. The Kier molecular flexibility index (Phi) is 11.2. The first-order valence-electron chi connectivity index (χ1n) is 11.3. The molecule has 0 unspecified atom stereocenters. The third-order valence-corrected chi connectivity index (χ3v) is 8.14. The Morgan fingerprint density at radius 1 is 0.944 bits per heavy atom. The van der Waals surface area contributed by atoms with Crippen molar-refractivity contribution in [3.05, 3.63) is 62.1 Å². The SMILES string of the molecule is CC[C@H](C(=O)N[C@@H](C)CC)N(Cc1ccccc1Cl)C(=O)CN(c1cc(Cl)c(Cl)cc1Cl)S(C)(=O)=O. The number of sulfonamides is 1. The zero-order valence-corrected chi connectivity index (χ0v) is 24.2. The van der Waals surface area contributed by atoms with Crippen LogP contribution >= 0.6 is 46.4 Å². The van der Waals surface area contributed by atoms with E-state index >= 15 is 0 Å². The quantitative estimate of drug-likeness (QED) is 0.333. The summed E-state index contributed by atoms with van der Waals surface area (Å²) in [6, 6.07) is 8.56.